The van der Waals surface area contributed by atoms with Gasteiger partial charge < -0.3 is 29.9 Å². The topological polar surface area (TPSA) is 122 Å². The number of anilines is 3. The number of amides is 2. The number of carbonyl (C=O) groups excluding carboxylic acids is 2. The molecule has 38 heavy (non-hydrogen) atoms. The van der Waals surface area contributed by atoms with Crippen LogP contribution in [0.4, 0.5) is 26.6 Å². The van der Waals surface area contributed by atoms with Crippen LogP contribution in [0.25, 0.3) is 0 Å². The number of likely N-dealkylation sites (N-methyl/N-ethyl adjacent to an activating group) is 1. The molecular formula is C26H34FN7O4. The van der Waals surface area contributed by atoms with Crippen LogP contribution in [0.3, 0.4) is 0 Å². The number of carbonyl (C=O) groups is 2. The van der Waals surface area contributed by atoms with Gasteiger partial charge in [0, 0.05) is 51.1 Å². The summed E-state index contributed by atoms with van der Waals surface area (Å²) >= 11 is 0. The number of unbranched alkanes of at least 4 members (excludes halogenated alkanes) is 1. The van der Waals surface area contributed by atoms with E-state index in [0.29, 0.717) is 68.7 Å². The highest BCUT2D eigenvalue weighted by molar-refractivity contribution is 5.82. The predicted molar refractivity (Wildman–Crippen MR) is 141 cm³/mol. The fourth-order valence-electron chi connectivity index (χ4n) is 3.38. The van der Waals surface area contributed by atoms with E-state index in [1.807, 2.05) is 0 Å². The summed E-state index contributed by atoms with van der Waals surface area (Å²) in [5.74, 6) is 6.37. The van der Waals surface area contributed by atoms with Crippen molar-refractivity contribution in [1.82, 2.24) is 25.2 Å². The van der Waals surface area contributed by atoms with Crippen LogP contribution in [0.1, 0.15) is 39.2 Å². The fourth-order valence-corrected chi connectivity index (χ4v) is 3.38. The van der Waals surface area contributed by atoms with Crippen LogP contribution in [0, 0.1) is 17.8 Å². The van der Waals surface area contributed by atoms with Crippen molar-refractivity contribution in [2.45, 2.75) is 39.2 Å². The van der Waals surface area contributed by atoms with Gasteiger partial charge in [0.1, 0.15) is 18.0 Å². The number of nitrogens with zero attached hydrogens (tertiary/aromatic N) is 5. The van der Waals surface area contributed by atoms with E-state index >= 15 is 0 Å². The van der Waals surface area contributed by atoms with Crippen molar-refractivity contribution in [3.63, 3.8) is 0 Å². The molecule has 2 aromatic heterocycles. The lowest BCUT2D eigenvalue weighted by Crippen LogP contribution is -2.41. The van der Waals surface area contributed by atoms with Crippen LogP contribution in [0.15, 0.2) is 24.5 Å². The number of nitrogens with one attached hydrogen (secondary N) is 2. The first kappa shape index (κ1) is 28.6. The van der Waals surface area contributed by atoms with E-state index in [0.717, 1.165) is 0 Å². The van der Waals surface area contributed by atoms with Crippen LogP contribution in [-0.2, 0) is 14.3 Å². The summed E-state index contributed by atoms with van der Waals surface area (Å²) in [6, 6.07) is 2.89. The lowest BCUT2D eigenvalue weighted by molar-refractivity contribution is -0.122. The van der Waals surface area contributed by atoms with Gasteiger partial charge in [-0.2, -0.15) is 9.37 Å². The molecule has 0 spiro atoms. The third kappa shape index (κ3) is 9.48. The Morgan fingerprint density at radius 3 is 2.74 bits per heavy atom. The summed E-state index contributed by atoms with van der Waals surface area (Å²) in [5.41, 5.74) is 0.535. The first-order valence-electron chi connectivity index (χ1n) is 12.4. The van der Waals surface area contributed by atoms with Gasteiger partial charge in [-0.25, -0.2) is 14.8 Å². The largest absolute Gasteiger partial charge is 0.444 e. The van der Waals surface area contributed by atoms with Crippen molar-refractivity contribution in [2.75, 3.05) is 56.7 Å². The van der Waals surface area contributed by atoms with Crippen LogP contribution in [0.5, 0.6) is 0 Å². The molecule has 0 saturated carbocycles. The molecule has 0 unspecified atom stereocenters. The first-order valence-corrected chi connectivity index (χ1v) is 12.4. The second-order valence-corrected chi connectivity index (χ2v) is 9.61. The Labute approximate surface area is 222 Å². The molecule has 1 aliphatic rings. The molecule has 1 aliphatic heterocycles. The number of hydrogen-bond acceptors (Lipinski definition) is 9. The number of pyridine rings is 1. The van der Waals surface area contributed by atoms with E-state index in [1.54, 1.807) is 33.0 Å². The zero-order valence-corrected chi connectivity index (χ0v) is 22.2. The van der Waals surface area contributed by atoms with E-state index in [9.17, 15) is 14.0 Å². The standard InChI is InChI=1S/C26H34FN7O4/c1-26(2,3)38-25(36)33(4)18-22(35)29-10-7-5-6-8-19-17-30-24(31-20-9-11-28-21(27)16-20)32-23(19)34-12-14-37-15-13-34/h9,11,16-17H,5,7,10,12-15,18H2,1-4H3,(H,29,35)(H,28,30,31,32). The Bertz CT molecular complexity index is 1170. The lowest BCUT2D eigenvalue weighted by atomic mass is 10.2. The molecular weight excluding hydrogens is 493 g/mol. The molecule has 0 bridgehead atoms. The van der Waals surface area contributed by atoms with Gasteiger partial charge in [-0.3, -0.25) is 4.79 Å². The van der Waals surface area contributed by atoms with Crippen molar-refractivity contribution < 1.29 is 23.5 Å². The quantitative estimate of drug-likeness (QED) is 0.303. The number of halogens is 1. The second kappa shape index (κ2) is 13.5. The third-order valence-electron chi connectivity index (χ3n) is 5.17. The van der Waals surface area contributed by atoms with Crippen LogP contribution < -0.4 is 15.5 Å². The maximum Gasteiger partial charge on any atom is 0.410 e. The molecule has 3 rings (SSSR count). The number of morpholine rings is 1. The molecule has 2 aromatic rings. The average Bonchev–Trinajstić information content (AvgIpc) is 2.86. The zero-order chi connectivity index (χ0) is 27.5. The Morgan fingerprint density at radius 1 is 1.26 bits per heavy atom. The van der Waals surface area contributed by atoms with E-state index in [4.69, 9.17) is 9.47 Å². The monoisotopic (exact) mass is 527 g/mol. The number of hydrogen-bond donors (Lipinski definition) is 2. The summed E-state index contributed by atoms with van der Waals surface area (Å²) < 4.78 is 24.1. The minimum Gasteiger partial charge on any atom is -0.444 e. The Hall–Kier alpha value is -3.98. The van der Waals surface area contributed by atoms with Gasteiger partial charge in [-0.1, -0.05) is 11.8 Å². The molecule has 0 atom stereocenters. The van der Waals surface area contributed by atoms with Gasteiger partial charge in [-0.05, 0) is 33.3 Å². The lowest BCUT2D eigenvalue weighted by Gasteiger charge is -2.28. The highest BCUT2D eigenvalue weighted by Gasteiger charge is 2.21. The minimum absolute atomic E-state index is 0.0899. The maximum absolute atomic E-state index is 13.4. The first-order chi connectivity index (χ1) is 18.1. The normalized spacial score (nSPS) is 13.2. The highest BCUT2D eigenvalue weighted by Crippen LogP contribution is 2.21. The molecule has 2 amide bonds. The Morgan fingerprint density at radius 2 is 2.03 bits per heavy atom. The van der Waals surface area contributed by atoms with E-state index in [2.05, 4.69) is 42.3 Å². The molecule has 12 heteroatoms. The van der Waals surface area contributed by atoms with E-state index < -0.39 is 17.6 Å². The molecule has 0 aliphatic carbocycles. The van der Waals surface area contributed by atoms with Crippen molar-refractivity contribution in [1.29, 1.82) is 0 Å². The molecule has 2 N–H and O–H groups in total. The van der Waals surface area contributed by atoms with Crippen molar-refractivity contribution >= 4 is 29.5 Å². The Kier molecular flexibility index (Phi) is 10.2. The van der Waals surface area contributed by atoms with E-state index in [-0.39, 0.29) is 12.5 Å². The number of rotatable bonds is 8. The average molecular weight is 528 g/mol. The molecule has 11 nitrogen and oxygen atoms in total. The van der Waals surface area contributed by atoms with Crippen LogP contribution in [-0.4, -0.2) is 83.9 Å². The molecule has 0 radical (unpaired) electrons. The van der Waals surface area contributed by atoms with Gasteiger partial charge in [0.25, 0.3) is 0 Å². The summed E-state index contributed by atoms with van der Waals surface area (Å²) in [6.07, 6.45) is 3.63. The van der Waals surface area contributed by atoms with Gasteiger partial charge >= 0.3 is 6.09 Å². The number of aromatic nitrogens is 3. The van der Waals surface area contributed by atoms with Crippen molar-refractivity contribution in [3.8, 4) is 11.8 Å². The third-order valence-corrected chi connectivity index (χ3v) is 5.17. The predicted octanol–water partition coefficient (Wildman–Crippen LogP) is 2.71. The highest BCUT2D eigenvalue weighted by atomic mass is 19.1. The summed E-state index contributed by atoms with van der Waals surface area (Å²) in [5, 5.41) is 5.78. The van der Waals surface area contributed by atoms with Gasteiger partial charge in [0.05, 0.1) is 25.0 Å². The molecule has 1 fully saturated rings. The summed E-state index contributed by atoms with van der Waals surface area (Å²) in [6.45, 7) is 8.14. The SMILES string of the molecule is CN(CC(=O)NCCCC#Cc1cnc(Nc2ccnc(F)c2)nc1N1CCOCC1)C(=O)OC(C)(C)C. The summed E-state index contributed by atoms with van der Waals surface area (Å²) in [7, 11) is 1.52. The van der Waals surface area contributed by atoms with Crippen LogP contribution in [0.2, 0.25) is 0 Å². The zero-order valence-electron chi connectivity index (χ0n) is 22.2. The number of ether oxygens (including phenoxy) is 2. The van der Waals surface area contributed by atoms with Crippen molar-refractivity contribution in [3.05, 3.63) is 36.0 Å². The van der Waals surface area contributed by atoms with Gasteiger partial charge in [0.2, 0.25) is 17.8 Å². The molecule has 3 heterocycles. The van der Waals surface area contributed by atoms with Crippen molar-refractivity contribution in [2.24, 2.45) is 0 Å². The molecule has 204 valence electrons. The fraction of sp³-hybridized carbons (Fsp3) is 0.500. The van der Waals surface area contributed by atoms with E-state index in [1.165, 1.54) is 24.2 Å². The minimum atomic E-state index is -0.622. The second-order valence-electron chi connectivity index (χ2n) is 9.61. The summed E-state index contributed by atoms with van der Waals surface area (Å²) in [4.78, 5) is 39.9. The van der Waals surface area contributed by atoms with Gasteiger partial charge in [-0.15, -0.1) is 0 Å². The smallest absolute Gasteiger partial charge is 0.410 e. The van der Waals surface area contributed by atoms with Crippen LogP contribution >= 0.6 is 0 Å². The Balaban J connectivity index is 1.54. The molecule has 1 saturated heterocycles. The van der Waals surface area contributed by atoms with Gasteiger partial charge in [0.15, 0.2) is 0 Å². The molecule has 0 aromatic carbocycles. The maximum atomic E-state index is 13.4.